The number of nitrogens with zero attached hydrogens (tertiary/aromatic N) is 4. The van der Waals surface area contributed by atoms with E-state index in [-0.39, 0.29) is 5.41 Å². The third kappa shape index (κ3) is 2.97. The number of piperazine rings is 1. The molecular weight excluding hydrogens is 352 g/mol. The first-order chi connectivity index (χ1) is 12.1. The van der Waals surface area contributed by atoms with E-state index in [0.717, 1.165) is 50.5 Å². The van der Waals surface area contributed by atoms with Gasteiger partial charge in [-0.2, -0.15) is 5.26 Å². The molecule has 0 aromatic heterocycles. The topological polar surface area (TPSA) is 42.6 Å². The third-order valence-electron chi connectivity index (χ3n) is 5.49. The first-order valence-electron chi connectivity index (χ1n) is 8.62. The molecular formula is C19H21ClN4S. The number of thioether (sulfide) groups is 1. The summed E-state index contributed by atoms with van der Waals surface area (Å²) in [6.45, 7) is 4.12. The minimum atomic E-state index is -0.141. The van der Waals surface area contributed by atoms with Crippen molar-refractivity contribution in [2.24, 2.45) is 10.4 Å². The van der Waals surface area contributed by atoms with Crippen molar-refractivity contribution < 1.29 is 0 Å². The van der Waals surface area contributed by atoms with E-state index in [0.29, 0.717) is 5.17 Å². The molecule has 4 aliphatic rings. The van der Waals surface area contributed by atoms with Gasteiger partial charge < -0.3 is 9.80 Å². The minimum Gasteiger partial charge on any atom is -0.369 e. The monoisotopic (exact) mass is 372 g/mol. The second kappa shape index (κ2) is 6.68. The van der Waals surface area contributed by atoms with E-state index in [2.05, 4.69) is 34.4 Å². The molecule has 4 nitrogen and oxygen atoms in total. The summed E-state index contributed by atoms with van der Waals surface area (Å²) in [4.78, 5) is 9.56. The van der Waals surface area contributed by atoms with Gasteiger partial charge in [0.25, 0.3) is 0 Å². The Morgan fingerprint density at radius 2 is 2.16 bits per heavy atom. The molecule has 0 aromatic carbocycles. The molecule has 1 saturated heterocycles. The number of rotatable bonds is 1. The number of nitriles is 1. The first-order valence-corrected chi connectivity index (χ1v) is 10.1. The Morgan fingerprint density at radius 3 is 2.92 bits per heavy atom. The molecule has 25 heavy (non-hydrogen) atoms. The van der Waals surface area contributed by atoms with Gasteiger partial charge in [0.05, 0.1) is 17.2 Å². The highest BCUT2D eigenvalue weighted by Gasteiger charge is 2.47. The Kier molecular flexibility index (Phi) is 4.53. The average molecular weight is 373 g/mol. The lowest BCUT2D eigenvalue weighted by molar-refractivity contribution is 0.185. The highest BCUT2D eigenvalue weighted by Crippen LogP contribution is 2.56. The van der Waals surface area contributed by atoms with Crippen LogP contribution in [0.4, 0.5) is 0 Å². The van der Waals surface area contributed by atoms with Crippen molar-refractivity contribution in [3.05, 3.63) is 46.2 Å². The van der Waals surface area contributed by atoms with Crippen LogP contribution in [-0.4, -0.2) is 54.0 Å². The van der Waals surface area contributed by atoms with E-state index >= 15 is 0 Å². The SMILES string of the molecule is CN1CCN(C2=CC(Cl)=NC3=CCC(=CC#N)CC34CSC=C24)CC1. The second-order valence-electron chi connectivity index (χ2n) is 7.08. The standard InChI is InChI=1S/C19H21ClN4S/c1-23-6-8-24(9-7-23)16-10-18(20)22-17-3-2-14(4-5-21)11-19(17)13-25-12-15(16)19/h3-4,10,12H,2,6-9,11,13H2,1H3. The molecule has 0 amide bonds. The van der Waals surface area contributed by atoms with Crippen molar-refractivity contribution in [3.8, 4) is 6.07 Å². The van der Waals surface area contributed by atoms with Gasteiger partial charge in [-0.15, -0.1) is 11.8 Å². The van der Waals surface area contributed by atoms with E-state index in [4.69, 9.17) is 21.9 Å². The van der Waals surface area contributed by atoms with Crippen molar-refractivity contribution in [2.75, 3.05) is 39.0 Å². The fraction of sp³-hybridized carbons (Fsp3) is 0.474. The predicted molar refractivity (Wildman–Crippen MR) is 104 cm³/mol. The van der Waals surface area contributed by atoms with Gasteiger partial charge >= 0.3 is 0 Å². The number of allylic oxidation sites excluding steroid dienone is 6. The van der Waals surface area contributed by atoms with E-state index in [1.807, 2.05) is 17.8 Å². The highest BCUT2D eigenvalue weighted by molar-refractivity contribution is 8.02. The van der Waals surface area contributed by atoms with E-state index in [1.165, 1.54) is 16.8 Å². The normalized spacial score (nSPS) is 31.2. The molecule has 0 bridgehead atoms. The predicted octanol–water partition coefficient (Wildman–Crippen LogP) is 3.51. The van der Waals surface area contributed by atoms with Crippen LogP contribution in [0.3, 0.4) is 0 Å². The van der Waals surface area contributed by atoms with Gasteiger partial charge in [-0.25, -0.2) is 4.99 Å². The number of aliphatic imine (C=N–C) groups is 1. The van der Waals surface area contributed by atoms with E-state index in [1.54, 1.807) is 6.08 Å². The summed E-state index contributed by atoms with van der Waals surface area (Å²) in [5.41, 5.74) is 4.66. The lowest BCUT2D eigenvalue weighted by Gasteiger charge is -2.41. The highest BCUT2D eigenvalue weighted by atomic mass is 35.5. The maximum absolute atomic E-state index is 9.09. The fourth-order valence-electron chi connectivity index (χ4n) is 4.10. The smallest absolute Gasteiger partial charge is 0.131 e. The average Bonchev–Trinajstić information content (AvgIpc) is 2.95. The van der Waals surface area contributed by atoms with Crippen LogP contribution in [0, 0.1) is 16.7 Å². The summed E-state index contributed by atoms with van der Waals surface area (Å²) >= 11 is 8.34. The van der Waals surface area contributed by atoms with Crippen LogP contribution < -0.4 is 0 Å². The largest absolute Gasteiger partial charge is 0.369 e. The molecule has 0 N–H and O–H groups in total. The molecule has 3 aliphatic heterocycles. The van der Waals surface area contributed by atoms with Crippen LogP contribution in [0.1, 0.15) is 12.8 Å². The molecule has 0 saturated carbocycles. The summed E-state index contributed by atoms with van der Waals surface area (Å²) in [5.74, 6) is 0.968. The van der Waals surface area contributed by atoms with Crippen LogP contribution in [0.25, 0.3) is 0 Å². The van der Waals surface area contributed by atoms with Crippen LogP contribution in [0.5, 0.6) is 0 Å². The molecule has 1 spiro atoms. The summed E-state index contributed by atoms with van der Waals surface area (Å²) < 4.78 is 0. The van der Waals surface area contributed by atoms with E-state index < -0.39 is 0 Å². The molecule has 130 valence electrons. The molecule has 4 rings (SSSR count). The van der Waals surface area contributed by atoms with Crippen LogP contribution in [0.15, 0.2) is 51.2 Å². The Balaban J connectivity index is 1.76. The van der Waals surface area contributed by atoms with Crippen LogP contribution in [-0.2, 0) is 0 Å². The zero-order valence-corrected chi connectivity index (χ0v) is 15.9. The first kappa shape index (κ1) is 17.0. The maximum Gasteiger partial charge on any atom is 0.131 e. The molecule has 0 radical (unpaired) electrons. The van der Waals surface area contributed by atoms with Gasteiger partial charge in [-0.3, -0.25) is 0 Å². The molecule has 6 heteroatoms. The Hall–Kier alpha value is -1.48. The maximum atomic E-state index is 9.09. The number of likely N-dealkylation sites (N-methyl/N-ethyl adjacent to an activating group) is 1. The van der Waals surface area contributed by atoms with Crippen molar-refractivity contribution in [1.82, 2.24) is 9.80 Å². The summed E-state index contributed by atoms with van der Waals surface area (Å²) in [5, 5.41) is 11.9. The van der Waals surface area contributed by atoms with Crippen LogP contribution in [0.2, 0.25) is 0 Å². The second-order valence-corrected chi connectivity index (χ2v) is 8.33. The van der Waals surface area contributed by atoms with Crippen molar-refractivity contribution in [2.45, 2.75) is 12.8 Å². The van der Waals surface area contributed by atoms with Gasteiger partial charge in [-0.1, -0.05) is 23.3 Å². The molecule has 1 aliphatic carbocycles. The minimum absolute atomic E-state index is 0.141. The summed E-state index contributed by atoms with van der Waals surface area (Å²) in [7, 11) is 2.17. The van der Waals surface area contributed by atoms with Gasteiger partial charge in [-0.05, 0) is 36.9 Å². The molecule has 1 unspecified atom stereocenters. The number of hydrogen-bond acceptors (Lipinski definition) is 5. The van der Waals surface area contributed by atoms with Crippen molar-refractivity contribution in [1.29, 1.82) is 5.26 Å². The molecule has 0 aromatic rings. The van der Waals surface area contributed by atoms with Crippen molar-refractivity contribution >= 4 is 28.5 Å². The quantitative estimate of drug-likeness (QED) is 0.660. The lowest BCUT2D eigenvalue weighted by atomic mass is 9.70. The molecule has 3 heterocycles. The zero-order valence-electron chi connectivity index (χ0n) is 14.3. The lowest BCUT2D eigenvalue weighted by Crippen LogP contribution is -2.45. The van der Waals surface area contributed by atoms with E-state index in [9.17, 15) is 0 Å². The summed E-state index contributed by atoms with van der Waals surface area (Å²) in [6.07, 6.45) is 7.57. The van der Waals surface area contributed by atoms with Gasteiger partial charge in [0.1, 0.15) is 5.17 Å². The van der Waals surface area contributed by atoms with Gasteiger partial charge in [0, 0.05) is 43.7 Å². The Bertz CT molecular complexity index is 778. The molecule has 1 fully saturated rings. The Labute approximate surface area is 158 Å². The number of hydrogen-bond donors (Lipinski definition) is 0. The van der Waals surface area contributed by atoms with Gasteiger partial charge in [0.15, 0.2) is 0 Å². The number of halogens is 1. The third-order valence-corrected chi connectivity index (χ3v) is 6.75. The zero-order chi connectivity index (χ0) is 17.4. The molecule has 1 atom stereocenters. The van der Waals surface area contributed by atoms with Crippen molar-refractivity contribution in [3.63, 3.8) is 0 Å². The Morgan fingerprint density at radius 1 is 1.36 bits per heavy atom. The fourth-order valence-corrected chi connectivity index (χ4v) is 5.58. The van der Waals surface area contributed by atoms with Crippen LogP contribution >= 0.6 is 23.4 Å². The summed E-state index contributed by atoms with van der Waals surface area (Å²) in [6, 6.07) is 2.20. The van der Waals surface area contributed by atoms with Gasteiger partial charge in [0.2, 0.25) is 0 Å².